The van der Waals surface area contributed by atoms with Gasteiger partial charge in [0.15, 0.2) is 0 Å². The number of nitro groups is 1. The molecule has 0 heterocycles. The van der Waals surface area contributed by atoms with E-state index < -0.39 is 17.0 Å². The number of carbonyl (C=O) groups excluding carboxylic acids is 2. The second-order valence-electron chi connectivity index (χ2n) is 4.80. The molecule has 1 N–H and O–H groups in total. The summed E-state index contributed by atoms with van der Waals surface area (Å²) < 4.78 is 4.73. The Balaban J connectivity index is 2.93. The number of aliphatic imine (C=N–C) groups is 1. The highest BCUT2D eigenvalue weighted by Gasteiger charge is 2.19. The molecule has 10 nitrogen and oxygen atoms in total. The number of rotatable bonds is 3. The first-order valence-corrected chi connectivity index (χ1v) is 6.98. The van der Waals surface area contributed by atoms with Crippen molar-refractivity contribution in [3.8, 4) is 0 Å². The molecule has 1 rings (SSSR count). The first kappa shape index (κ1) is 18.9. The van der Waals surface area contributed by atoms with Crippen LogP contribution in [0.3, 0.4) is 0 Å². The van der Waals surface area contributed by atoms with Crippen molar-refractivity contribution in [1.82, 2.24) is 9.80 Å². The van der Waals surface area contributed by atoms with Crippen molar-refractivity contribution in [3.05, 3.63) is 34.4 Å². The molecular weight excluding hydrogens is 318 g/mol. The molecule has 0 atom stereocenters. The van der Waals surface area contributed by atoms with Gasteiger partial charge >= 0.3 is 12.1 Å². The van der Waals surface area contributed by atoms with E-state index in [4.69, 9.17) is 4.74 Å². The van der Waals surface area contributed by atoms with E-state index in [0.717, 1.165) is 4.90 Å². The number of guanidine groups is 1. The van der Waals surface area contributed by atoms with Crippen molar-refractivity contribution >= 4 is 29.5 Å². The number of ether oxygens (including phenoxy) is 1. The van der Waals surface area contributed by atoms with Gasteiger partial charge in [0.05, 0.1) is 11.5 Å². The van der Waals surface area contributed by atoms with Crippen molar-refractivity contribution in [3.63, 3.8) is 0 Å². The molecule has 0 aromatic heterocycles. The Kier molecular flexibility index (Phi) is 6.65. The molecule has 0 radical (unpaired) electrons. The van der Waals surface area contributed by atoms with Crippen LogP contribution in [0, 0.1) is 10.1 Å². The van der Waals surface area contributed by atoms with Gasteiger partial charge in [-0.15, -0.1) is 4.99 Å². The maximum atomic E-state index is 12.3. The fraction of sp³-hybridized carbons (Fsp3) is 0.357. The average Bonchev–Trinajstić information content (AvgIpc) is 2.52. The lowest BCUT2D eigenvalue weighted by Gasteiger charge is -2.24. The fourth-order valence-electron chi connectivity index (χ4n) is 1.71. The molecule has 1 aromatic rings. The molecular formula is C14H19N5O5. The van der Waals surface area contributed by atoms with Crippen molar-refractivity contribution in [1.29, 1.82) is 0 Å². The van der Waals surface area contributed by atoms with Gasteiger partial charge in [0, 0.05) is 39.0 Å². The molecule has 0 saturated heterocycles. The zero-order chi connectivity index (χ0) is 18.3. The number of hydrogen-bond donors (Lipinski definition) is 1. The Bertz CT molecular complexity index is 659. The molecule has 0 fully saturated rings. The number of nitro benzene ring substituents is 1. The quantitative estimate of drug-likeness (QED) is 0.391. The highest BCUT2D eigenvalue weighted by atomic mass is 16.6. The van der Waals surface area contributed by atoms with E-state index in [1.807, 2.05) is 0 Å². The van der Waals surface area contributed by atoms with Crippen LogP contribution >= 0.6 is 0 Å². The highest BCUT2D eigenvalue weighted by molar-refractivity contribution is 6.04. The number of urea groups is 1. The first-order chi connectivity index (χ1) is 11.3. The third-order valence-corrected chi connectivity index (χ3v) is 2.77. The van der Waals surface area contributed by atoms with E-state index >= 15 is 0 Å². The molecule has 0 saturated carbocycles. The number of nitrogens with zero attached hydrogens (tertiary/aromatic N) is 4. The number of benzene rings is 1. The smallest absolute Gasteiger partial charge is 0.436 e. The second kappa shape index (κ2) is 8.46. The fourth-order valence-corrected chi connectivity index (χ4v) is 1.71. The molecule has 0 bridgehead atoms. The monoisotopic (exact) mass is 337 g/mol. The van der Waals surface area contributed by atoms with Gasteiger partial charge in [-0.05, 0) is 13.0 Å². The van der Waals surface area contributed by atoms with Gasteiger partial charge in [-0.25, -0.2) is 9.59 Å². The summed E-state index contributed by atoms with van der Waals surface area (Å²) in [5.41, 5.74) is 0.0961. The summed E-state index contributed by atoms with van der Waals surface area (Å²) in [6.45, 7) is 1.80. The summed E-state index contributed by atoms with van der Waals surface area (Å²) in [6.07, 6.45) is -0.823. The van der Waals surface area contributed by atoms with Crippen molar-refractivity contribution in [2.45, 2.75) is 6.92 Å². The third kappa shape index (κ3) is 5.23. The zero-order valence-corrected chi connectivity index (χ0v) is 13.8. The van der Waals surface area contributed by atoms with E-state index in [1.165, 1.54) is 36.2 Å². The Labute approximate surface area is 138 Å². The maximum absolute atomic E-state index is 12.3. The Hall–Kier alpha value is -3.17. The molecule has 0 aliphatic carbocycles. The largest absolute Gasteiger partial charge is 0.448 e. The third-order valence-electron chi connectivity index (χ3n) is 2.77. The van der Waals surface area contributed by atoms with E-state index in [2.05, 4.69) is 10.3 Å². The lowest BCUT2D eigenvalue weighted by molar-refractivity contribution is -0.384. The van der Waals surface area contributed by atoms with Gasteiger partial charge in [-0.1, -0.05) is 6.07 Å². The Morgan fingerprint density at radius 2 is 2.00 bits per heavy atom. The van der Waals surface area contributed by atoms with Crippen LogP contribution in [0.4, 0.5) is 21.0 Å². The maximum Gasteiger partial charge on any atom is 0.436 e. The standard InChI is InChI=1S/C14H19N5O5/c1-5-24-14(21)16-12(17(2)3)18(4)13(20)15-10-7-6-8-11(9-10)19(22)23/h6-9H,5H2,1-4H3,(H,15,20). The van der Waals surface area contributed by atoms with Crippen LogP contribution in [0.2, 0.25) is 0 Å². The molecule has 130 valence electrons. The van der Waals surface area contributed by atoms with Gasteiger partial charge in [-0.2, -0.15) is 0 Å². The average molecular weight is 337 g/mol. The number of non-ortho nitro benzene ring substituents is 1. The SMILES string of the molecule is CCOC(=O)N=C(N(C)C)N(C)C(=O)Nc1cccc([N+](=O)[O-])c1. The molecule has 1 aromatic carbocycles. The minimum Gasteiger partial charge on any atom is -0.448 e. The predicted octanol–water partition coefficient (Wildman–Crippen LogP) is 2.13. The molecule has 0 aliphatic rings. The van der Waals surface area contributed by atoms with Crippen LogP contribution in [0.15, 0.2) is 29.3 Å². The first-order valence-electron chi connectivity index (χ1n) is 6.98. The summed E-state index contributed by atoms with van der Waals surface area (Å²) in [5, 5.41) is 13.3. The van der Waals surface area contributed by atoms with Gasteiger partial charge in [-0.3, -0.25) is 15.0 Å². The second-order valence-corrected chi connectivity index (χ2v) is 4.80. The zero-order valence-electron chi connectivity index (χ0n) is 13.8. The minimum absolute atomic E-state index is 0.0522. The summed E-state index contributed by atoms with van der Waals surface area (Å²) >= 11 is 0. The lowest BCUT2D eigenvalue weighted by Crippen LogP contribution is -2.44. The number of anilines is 1. The topological polar surface area (TPSA) is 117 Å². The van der Waals surface area contributed by atoms with Gasteiger partial charge in [0.1, 0.15) is 0 Å². The molecule has 0 spiro atoms. The number of amides is 3. The molecule has 24 heavy (non-hydrogen) atoms. The molecule has 3 amide bonds. The van der Waals surface area contributed by atoms with E-state index in [1.54, 1.807) is 21.0 Å². The number of hydrogen-bond acceptors (Lipinski definition) is 5. The van der Waals surface area contributed by atoms with Crippen LogP contribution in [-0.4, -0.2) is 60.6 Å². The lowest BCUT2D eigenvalue weighted by atomic mass is 10.3. The van der Waals surface area contributed by atoms with Gasteiger partial charge in [0.2, 0.25) is 5.96 Å². The summed E-state index contributed by atoms with van der Waals surface area (Å²) in [6, 6.07) is 4.88. The number of nitrogens with one attached hydrogen (secondary N) is 1. The van der Waals surface area contributed by atoms with Crippen LogP contribution < -0.4 is 5.32 Å². The Morgan fingerprint density at radius 1 is 1.33 bits per heavy atom. The highest BCUT2D eigenvalue weighted by Crippen LogP contribution is 2.17. The van der Waals surface area contributed by atoms with E-state index in [9.17, 15) is 19.7 Å². The molecule has 10 heteroatoms. The summed E-state index contributed by atoms with van der Waals surface area (Å²) in [7, 11) is 4.62. The van der Waals surface area contributed by atoms with Crippen molar-refractivity contribution in [2.24, 2.45) is 4.99 Å². The van der Waals surface area contributed by atoms with Crippen LogP contribution in [0.5, 0.6) is 0 Å². The molecule has 0 unspecified atom stereocenters. The summed E-state index contributed by atoms with van der Waals surface area (Å²) in [5.74, 6) is 0.0522. The van der Waals surface area contributed by atoms with E-state index in [-0.39, 0.29) is 23.9 Å². The normalized spacial score (nSPS) is 10.8. The van der Waals surface area contributed by atoms with Crippen LogP contribution in [-0.2, 0) is 4.74 Å². The number of carbonyl (C=O) groups is 2. The van der Waals surface area contributed by atoms with Gasteiger partial charge in [0.25, 0.3) is 5.69 Å². The van der Waals surface area contributed by atoms with Crippen LogP contribution in [0.25, 0.3) is 0 Å². The van der Waals surface area contributed by atoms with E-state index in [0.29, 0.717) is 0 Å². The van der Waals surface area contributed by atoms with Crippen molar-refractivity contribution in [2.75, 3.05) is 33.1 Å². The summed E-state index contributed by atoms with van der Waals surface area (Å²) in [4.78, 5) is 40.2. The van der Waals surface area contributed by atoms with Crippen molar-refractivity contribution < 1.29 is 19.2 Å². The predicted molar refractivity (Wildman–Crippen MR) is 88.0 cm³/mol. The molecule has 0 aliphatic heterocycles. The van der Waals surface area contributed by atoms with Gasteiger partial charge < -0.3 is 15.0 Å². The Morgan fingerprint density at radius 3 is 2.54 bits per heavy atom. The van der Waals surface area contributed by atoms with Crippen LogP contribution in [0.1, 0.15) is 6.92 Å². The minimum atomic E-state index is -0.823.